The Morgan fingerprint density at radius 3 is 2.95 bits per heavy atom. The Hall–Kier alpha value is -1.10. The number of benzene rings is 1. The summed E-state index contributed by atoms with van der Waals surface area (Å²) >= 11 is 6.00. The summed E-state index contributed by atoms with van der Waals surface area (Å²) in [6, 6.07) is 5.09. The number of carbonyl (C=O) groups is 1. The minimum atomic E-state index is -0.254. The Kier molecular flexibility index (Phi) is 3.71. The molecule has 0 aliphatic carbocycles. The number of ether oxygens (including phenoxy) is 2. The van der Waals surface area contributed by atoms with Crippen molar-refractivity contribution in [1.82, 2.24) is 0 Å². The Morgan fingerprint density at radius 1 is 1.40 bits per heavy atom. The van der Waals surface area contributed by atoms with Crippen LogP contribution in [0.3, 0.4) is 0 Å². The number of anilines is 1. The second-order valence-corrected chi connectivity index (χ2v) is 6.03. The number of ketones is 1. The number of hydrogen-bond acceptors (Lipinski definition) is 4. The average molecular weight is 296 g/mol. The number of Topliss-reactive ketones (excluding diaryl/α,β-unsaturated/α-hetero) is 1. The summed E-state index contributed by atoms with van der Waals surface area (Å²) in [4.78, 5) is 12.6. The van der Waals surface area contributed by atoms with E-state index in [1.165, 1.54) is 0 Å². The average Bonchev–Trinajstić information content (AvgIpc) is 2.89. The van der Waals surface area contributed by atoms with Gasteiger partial charge in [-0.2, -0.15) is 0 Å². The molecule has 2 fully saturated rings. The van der Waals surface area contributed by atoms with Crippen LogP contribution in [0.25, 0.3) is 0 Å². The van der Waals surface area contributed by atoms with Gasteiger partial charge in [-0.1, -0.05) is 11.6 Å². The first-order chi connectivity index (χ1) is 9.60. The molecule has 2 atom stereocenters. The first-order valence-corrected chi connectivity index (χ1v) is 7.28. The van der Waals surface area contributed by atoms with E-state index >= 15 is 0 Å². The molecular weight excluding hydrogens is 278 g/mol. The van der Waals surface area contributed by atoms with E-state index in [4.69, 9.17) is 26.8 Å². The van der Waals surface area contributed by atoms with E-state index in [1.807, 2.05) is 0 Å². The fourth-order valence-corrected chi connectivity index (χ4v) is 3.21. The van der Waals surface area contributed by atoms with Crippen molar-refractivity contribution in [2.24, 2.45) is 5.92 Å². The first kappa shape index (κ1) is 13.9. The molecular formula is C15H18ClNO3. The van der Waals surface area contributed by atoms with Gasteiger partial charge in [0, 0.05) is 31.1 Å². The highest BCUT2D eigenvalue weighted by atomic mass is 35.5. The molecule has 20 heavy (non-hydrogen) atoms. The quantitative estimate of drug-likeness (QED) is 0.673. The molecule has 2 N–H and O–H groups in total. The van der Waals surface area contributed by atoms with Crippen LogP contribution >= 0.6 is 11.6 Å². The molecule has 5 heteroatoms. The van der Waals surface area contributed by atoms with Crippen LogP contribution in [0.15, 0.2) is 18.2 Å². The maximum atomic E-state index is 12.6. The van der Waals surface area contributed by atoms with E-state index in [0.717, 1.165) is 19.3 Å². The predicted molar refractivity (Wildman–Crippen MR) is 77.0 cm³/mol. The maximum absolute atomic E-state index is 12.6. The third-order valence-corrected chi connectivity index (χ3v) is 4.54. The number of nitrogen functional groups attached to an aromatic ring is 1. The van der Waals surface area contributed by atoms with E-state index in [-0.39, 0.29) is 17.3 Å². The third kappa shape index (κ3) is 2.55. The smallest absolute Gasteiger partial charge is 0.166 e. The van der Waals surface area contributed by atoms with Crippen molar-refractivity contribution in [2.45, 2.75) is 24.9 Å². The summed E-state index contributed by atoms with van der Waals surface area (Å²) in [7, 11) is 0. The summed E-state index contributed by atoms with van der Waals surface area (Å²) in [6.45, 7) is 1.93. The fourth-order valence-electron chi connectivity index (χ4n) is 3.03. The topological polar surface area (TPSA) is 61.6 Å². The number of carbonyl (C=O) groups excluding carboxylic acids is 1. The highest BCUT2D eigenvalue weighted by Gasteiger charge is 2.43. The normalized spacial score (nSPS) is 29.8. The van der Waals surface area contributed by atoms with E-state index in [0.29, 0.717) is 36.1 Å². The molecule has 4 nitrogen and oxygen atoms in total. The van der Waals surface area contributed by atoms with Crippen LogP contribution in [0.4, 0.5) is 5.69 Å². The number of halogens is 1. The SMILES string of the molecule is Nc1ccc(C(=O)C2CCOC3(CCOC3)C2)cc1Cl. The molecule has 0 aromatic heterocycles. The maximum Gasteiger partial charge on any atom is 0.166 e. The predicted octanol–water partition coefficient (Wildman–Crippen LogP) is 2.69. The zero-order valence-corrected chi connectivity index (χ0v) is 12.0. The van der Waals surface area contributed by atoms with Gasteiger partial charge in [-0.25, -0.2) is 0 Å². The molecule has 0 amide bonds. The van der Waals surface area contributed by atoms with Crippen molar-refractivity contribution in [3.8, 4) is 0 Å². The fraction of sp³-hybridized carbons (Fsp3) is 0.533. The van der Waals surface area contributed by atoms with Gasteiger partial charge in [0.1, 0.15) is 0 Å². The third-order valence-electron chi connectivity index (χ3n) is 4.22. The number of rotatable bonds is 2. The van der Waals surface area contributed by atoms with Gasteiger partial charge in [-0.05, 0) is 31.0 Å². The molecule has 1 aromatic rings. The van der Waals surface area contributed by atoms with Crippen LogP contribution in [-0.4, -0.2) is 31.2 Å². The van der Waals surface area contributed by atoms with E-state index in [1.54, 1.807) is 18.2 Å². The summed E-state index contributed by atoms with van der Waals surface area (Å²) in [5.41, 5.74) is 6.55. The minimum absolute atomic E-state index is 0.0230. The summed E-state index contributed by atoms with van der Waals surface area (Å²) in [6.07, 6.45) is 2.36. The molecule has 0 radical (unpaired) electrons. The lowest BCUT2D eigenvalue weighted by Crippen LogP contribution is -2.42. The Labute approximate surface area is 123 Å². The van der Waals surface area contributed by atoms with Crippen LogP contribution in [0.1, 0.15) is 29.6 Å². The lowest BCUT2D eigenvalue weighted by atomic mass is 9.81. The lowest BCUT2D eigenvalue weighted by Gasteiger charge is -2.36. The minimum Gasteiger partial charge on any atom is -0.398 e. The molecule has 0 saturated carbocycles. The van der Waals surface area contributed by atoms with Crippen molar-refractivity contribution >= 4 is 23.1 Å². The second kappa shape index (κ2) is 5.35. The first-order valence-electron chi connectivity index (χ1n) is 6.91. The van der Waals surface area contributed by atoms with Gasteiger partial charge >= 0.3 is 0 Å². The molecule has 0 bridgehead atoms. The van der Waals surface area contributed by atoms with Gasteiger partial charge in [-0.3, -0.25) is 4.79 Å². The van der Waals surface area contributed by atoms with Gasteiger partial charge in [-0.15, -0.1) is 0 Å². The van der Waals surface area contributed by atoms with Crippen LogP contribution in [-0.2, 0) is 9.47 Å². The van der Waals surface area contributed by atoms with Crippen molar-refractivity contribution < 1.29 is 14.3 Å². The van der Waals surface area contributed by atoms with E-state index in [9.17, 15) is 4.79 Å². The van der Waals surface area contributed by atoms with E-state index < -0.39 is 0 Å². The van der Waals surface area contributed by atoms with Crippen LogP contribution in [0.5, 0.6) is 0 Å². The Balaban J connectivity index is 1.77. The largest absolute Gasteiger partial charge is 0.398 e. The number of nitrogens with two attached hydrogens (primary N) is 1. The molecule has 2 aliphatic rings. The molecule has 2 saturated heterocycles. The lowest BCUT2D eigenvalue weighted by molar-refractivity contribution is -0.0920. The van der Waals surface area contributed by atoms with Gasteiger partial charge < -0.3 is 15.2 Å². The standard InChI is InChI=1S/C15H18ClNO3/c16-12-7-10(1-2-13(12)17)14(18)11-3-5-20-15(8-11)4-6-19-9-15/h1-2,7,11H,3-6,8-9,17H2. The van der Waals surface area contributed by atoms with Gasteiger partial charge in [0.2, 0.25) is 0 Å². The number of hydrogen-bond donors (Lipinski definition) is 1. The Bertz CT molecular complexity index is 526. The monoisotopic (exact) mass is 295 g/mol. The zero-order chi connectivity index (χ0) is 14.2. The van der Waals surface area contributed by atoms with Crippen molar-refractivity contribution in [1.29, 1.82) is 0 Å². The second-order valence-electron chi connectivity index (χ2n) is 5.62. The van der Waals surface area contributed by atoms with Gasteiger partial charge in [0.05, 0.1) is 22.9 Å². The molecule has 2 aliphatic heterocycles. The molecule has 1 spiro atoms. The van der Waals surface area contributed by atoms with Gasteiger partial charge in [0.15, 0.2) is 5.78 Å². The molecule has 1 aromatic carbocycles. The van der Waals surface area contributed by atoms with Crippen LogP contribution in [0.2, 0.25) is 5.02 Å². The van der Waals surface area contributed by atoms with Crippen LogP contribution in [0, 0.1) is 5.92 Å². The summed E-state index contributed by atoms with van der Waals surface area (Å²) < 4.78 is 11.3. The molecule has 2 heterocycles. The summed E-state index contributed by atoms with van der Waals surface area (Å²) in [5, 5.41) is 0.432. The van der Waals surface area contributed by atoms with Crippen molar-refractivity contribution in [3.05, 3.63) is 28.8 Å². The molecule has 108 valence electrons. The zero-order valence-electron chi connectivity index (χ0n) is 11.2. The van der Waals surface area contributed by atoms with Crippen molar-refractivity contribution in [3.63, 3.8) is 0 Å². The molecule has 3 rings (SSSR count). The highest BCUT2D eigenvalue weighted by Crippen LogP contribution is 2.37. The molecule has 2 unspecified atom stereocenters. The van der Waals surface area contributed by atoms with Gasteiger partial charge in [0.25, 0.3) is 0 Å². The summed E-state index contributed by atoms with van der Waals surface area (Å²) in [5.74, 6) is 0.103. The van der Waals surface area contributed by atoms with E-state index in [2.05, 4.69) is 0 Å². The van der Waals surface area contributed by atoms with Crippen molar-refractivity contribution in [2.75, 3.05) is 25.6 Å². The Morgan fingerprint density at radius 2 is 2.25 bits per heavy atom. The highest BCUT2D eigenvalue weighted by molar-refractivity contribution is 6.33. The van der Waals surface area contributed by atoms with Crippen LogP contribution < -0.4 is 5.73 Å².